The van der Waals surface area contributed by atoms with Crippen LogP contribution in [0.3, 0.4) is 0 Å². The summed E-state index contributed by atoms with van der Waals surface area (Å²) >= 11 is 6.40. The van der Waals surface area contributed by atoms with Gasteiger partial charge in [-0.2, -0.15) is 0 Å². The van der Waals surface area contributed by atoms with E-state index in [4.69, 9.17) is 11.6 Å². The van der Waals surface area contributed by atoms with Crippen molar-refractivity contribution >= 4 is 82.5 Å². The molecule has 10 atom stereocenters. The van der Waals surface area contributed by atoms with Crippen molar-refractivity contribution in [1.29, 1.82) is 0 Å². The number of carbonyl (C=O) groups is 12. The first-order chi connectivity index (χ1) is 44.0. The Labute approximate surface area is 555 Å². The quantitative estimate of drug-likeness (QED) is 0.317. The Morgan fingerprint density at radius 1 is 0.624 bits per heavy atom. The Morgan fingerprint density at radius 3 is 1.88 bits per heavy atom. The first-order valence-electron chi connectivity index (χ1n) is 34.2. The third-order valence-electron chi connectivity index (χ3n) is 21.2. The molecule has 0 aromatic heterocycles. The lowest BCUT2D eigenvalue weighted by molar-refractivity contribution is -0.160. The molecular formula is C68H105ClN12O12. The monoisotopic (exact) mass is 1320 g/mol. The van der Waals surface area contributed by atoms with Gasteiger partial charge in [-0.1, -0.05) is 103 Å². The number of halogens is 1. The van der Waals surface area contributed by atoms with Gasteiger partial charge in [0, 0.05) is 73.5 Å². The molecule has 4 saturated heterocycles. The van der Waals surface area contributed by atoms with Crippen molar-refractivity contribution in [3.05, 3.63) is 34.9 Å². The number of hydrogen-bond acceptors (Lipinski definition) is 12. The second kappa shape index (κ2) is 32.5. The third kappa shape index (κ3) is 17.2. The number of nitrogens with zero attached hydrogens (tertiary/aromatic N) is 9. The van der Waals surface area contributed by atoms with Crippen molar-refractivity contribution < 1.29 is 57.5 Å². The van der Waals surface area contributed by atoms with E-state index in [1.165, 1.54) is 88.4 Å². The highest BCUT2D eigenvalue weighted by Crippen LogP contribution is 2.35. The molecule has 0 unspecified atom stereocenters. The van der Waals surface area contributed by atoms with E-state index in [1.807, 2.05) is 13.0 Å². The first-order valence-corrected chi connectivity index (χ1v) is 34.6. The van der Waals surface area contributed by atoms with Crippen molar-refractivity contribution in [3.8, 4) is 0 Å². The molecule has 1 aromatic carbocycles. The molecule has 93 heavy (non-hydrogen) atoms. The molecular weight excluding hydrogens is 1210 g/mol. The van der Waals surface area contributed by atoms with E-state index in [0.29, 0.717) is 69.5 Å². The number of piperidine rings is 1. The smallest absolute Gasteiger partial charge is 0.248 e. The summed E-state index contributed by atoms with van der Waals surface area (Å²) in [5.41, 5.74) is -0.700. The van der Waals surface area contributed by atoms with Crippen LogP contribution in [-0.4, -0.2) is 250 Å². The number of amides is 12. The van der Waals surface area contributed by atoms with Crippen LogP contribution in [0.25, 0.3) is 0 Å². The van der Waals surface area contributed by atoms with E-state index in [-0.39, 0.29) is 51.1 Å². The van der Waals surface area contributed by atoms with Crippen LogP contribution in [0, 0.1) is 17.8 Å². The zero-order valence-electron chi connectivity index (χ0n) is 57.2. The van der Waals surface area contributed by atoms with E-state index in [2.05, 4.69) is 16.0 Å². The SMILES string of the molecule is CC[C@H](C)[C@@H]1NC(=O)[C@H](C)N(C)C(=O)C[C@@H](C(=O)N2CCCCC2)N(C)C(=O)[C@H](C(C)C)N(C)C(=O)C2(CCCC2)NC(=O)[C@@H]2CCCN2C(=O)[C@H](CCc2cccc(Cl)c2)NC(=O)CN(C)C(=O)[C@H](CC2CCCCC2)N(C)C(=O)[C@@H]2CCN2C(=O)[C@H](C)N(C)C1=O. The van der Waals surface area contributed by atoms with Crippen LogP contribution < -0.4 is 16.0 Å². The average Bonchev–Trinajstić information content (AvgIpc) is 1.76. The molecule has 1 aromatic rings. The lowest BCUT2D eigenvalue weighted by Gasteiger charge is -2.45. The number of fused-ring (bicyclic) bond motifs is 2. The molecule has 4 aliphatic heterocycles. The zero-order chi connectivity index (χ0) is 68.3. The summed E-state index contributed by atoms with van der Waals surface area (Å²) in [6.45, 7) is 10.9. The first kappa shape index (κ1) is 73.6. The summed E-state index contributed by atoms with van der Waals surface area (Å²) < 4.78 is 0. The number of aryl methyl sites for hydroxylation is 1. The highest BCUT2D eigenvalue weighted by molar-refractivity contribution is 6.30. The number of likely N-dealkylation sites (tertiary alicyclic amines) is 1. The minimum absolute atomic E-state index is 0.0872. The molecule has 7 rings (SSSR count). The van der Waals surface area contributed by atoms with Gasteiger partial charge in [0.25, 0.3) is 0 Å². The lowest BCUT2D eigenvalue weighted by Crippen LogP contribution is -2.65. The van der Waals surface area contributed by atoms with Crippen molar-refractivity contribution in [2.45, 2.75) is 230 Å². The average molecular weight is 1320 g/mol. The van der Waals surface area contributed by atoms with Crippen molar-refractivity contribution in [2.75, 3.05) is 75.0 Å². The van der Waals surface area contributed by atoms with Crippen LogP contribution in [0.4, 0.5) is 0 Å². The summed E-state index contributed by atoms with van der Waals surface area (Å²) in [6.07, 6.45) is 10.1. The molecule has 1 spiro atoms. The van der Waals surface area contributed by atoms with Gasteiger partial charge in [0.15, 0.2) is 0 Å². The van der Waals surface area contributed by atoms with Gasteiger partial charge in [0.2, 0.25) is 70.9 Å². The maximum Gasteiger partial charge on any atom is 0.248 e. The van der Waals surface area contributed by atoms with Crippen molar-refractivity contribution in [2.24, 2.45) is 17.8 Å². The Kier molecular flexibility index (Phi) is 25.7. The number of hydrogen-bond donors (Lipinski definition) is 3. The molecule has 2 saturated carbocycles. The van der Waals surface area contributed by atoms with Crippen LogP contribution in [0.2, 0.25) is 5.02 Å². The number of benzene rings is 1. The van der Waals surface area contributed by atoms with Crippen molar-refractivity contribution in [3.63, 3.8) is 0 Å². The standard InChI is InChI=1S/C68H105ClN12O12/c1-13-43(4)56-65(91)75(9)45(6)60(86)81-37-31-51(81)63(89)76(10)52(39-46-24-16-14-17-25-46)62(88)73(7)41-54(82)70-49(30-29-47-26-22-27-48(69)38-47)61(87)80-36-23-28-50(80)59(85)72-68(32-18-19-33-68)67(93)78(12)57(42(2)3)66(92)77(11)53(64(90)79-34-20-15-21-35-79)40-55(83)74(8)44(5)58(84)71-56/h22,26-27,38,42-46,49-53,56-57H,13-21,23-25,28-37,39-41H2,1-12H3,(H,70,82)(H,71,84)(H,72,85)/t43-,44-,45-,49-,50-,51-,52-,53-,56-,57-/m0/s1. The number of nitrogens with one attached hydrogen (secondary N) is 3. The van der Waals surface area contributed by atoms with Gasteiger partial charge in [-0.25, -0.2) is 0 Å². The van der Waals surface area contributed by atoms with Gasteiger partial charge in [-0.15, -0.1) is 0 Å². The lowest BCUT2D eigenvalue weighted by atomic mass is 9.84. The highest BCUT2D eigenvalue weighted by Gasteiger charge is 2.51. The molecule has 6 aliphatic rings. The van der Waals surface area contributed by atoms with E-state index in [9.17, 15) is 43.2 Å². The summed E-state index contributed by atoms with van der Waals surface area (Å²) in [5.74, 6) is -7.76. The third-order valence-corrected chi connectivity index (χ3v) is 21.4. The van der Waals surface area contributed by atoms with Gasteiger partial charge >= 0.3 is 0 Å². The summed E-state index contributed by atoms with van der Waals surface area (Å²) in [6, 6.07) is -3.17. The molecule has 516 valence electrons. The fourth-order valence-electron chi connectivity index (χ4n) is 14.6. The molecule has 24 nitrogen and oxygen atoms in total. The van der Waals surface area contributed by atoms with Crippen LogP contribution in [-0.2, 0) is 64.0 Å². The van der Waals surface area contributed by atoms with E-state index >= 15 is 14.4 Å². The fraction of sp³-hybridized carbons (Fsp3) is 0.735. The number of carbonyl (C=O) groups excluding carboxylic acids is 12. The van der Waals surface area contributed by atoms with Gasteiger partial charge in [-0.3, -0.25) is 57.5 Å². The van der Waals surface area contributed by atoms with E-state index in [0.717, 1.165) is 44.1 Å². The normalized spacial score (nSPS) is 28.7. The Hall–Kier alpha value is -6.85. The zero-order valence-corrected chi connectivity index (χ0v) is 58.0. The highest BCUT2D eigenvalue weighted by atomic mass is 35.5. The molecule has 4 heterocycles. The largest absolute Gasteiger partial charge is 0.343 e. The summed E-state index contributed by atoms with van der Waals surface area (Å²) in [7, 11) is 8.79. The summed E-state index contributed by atoms with van der Waals surface area (Å²) in [5, 5.41) is 9.34. The minimum atomic E-state index is -1.49. The molecule has 0 radical (unpaired) electrons. The summed E-state index contributed by atoms with van der Waals surface area (Å²) in [4.78, 5) is 190. The van der Waals surface area contributed by atoms with Gasteiger partial charge in [0.1, 0.15) is 59.9 Å². The maximum absolute atomic E-state index is 15.3. The van der Waals surface area contributed by atoms with Crippen LogP contribution in [0.15, 0.2) is 24.3 Å². The number of rotatable bonds is 9. The Morgan fingerprint density at radius 2 is 1.27 bits per heavy atom. The second-order valence-electron chi connectivity index (χ2n) is 27.8. The fourth-order valence-corrected chi connectivity index (χ4v) is 14.8. The predicted molar refractivity (Wildman–Crippen MR) is 350 cm³/mol. The van der Waals surface area contributed by atoms with Crippen LogP contribution in [0.1, 0.15) is 169 Å². The topological polar surface area (TPSA) is 270 Å². The van der Waals surface area contributed by atoms with E-state index in [1.54, 1.807) is 50.8 Å². The van der Waals surface area contributed by atoms with Gasteiger partial charge < -0.3 is 60.0 Å². The Bertz CT molecular complexity index is 2910. The number of likely N-dealkylation sites (N-methyl/N-ethyl adjacent to an activating group) is 6. The molecule has 2 aliphatic carbocycles. The van der Waals surface area contributed by atoms with Gasteiger partial charge in [0.05, 0.1) is 13.0 Å². The van der Waals surface area contributed by atoms with E-state index < -0.39 is 156 Å². The molecule has 3 N–H and O–H groups in total. The maximum atomic E-state index is 15.3. The second-order valence-corrected chi connectivity index (χ2v) is 28.3. The molecule has 12 amide bonds. The predicted octanol–water partition coefficient (Wildman–Crippen LogP) is 3.99. The molecule has 0 bridgehead atoms. The minimum Gasteiger partial charge on any atom is -0.343 e. The van der Waals surface area contributed by atoms with Crippen LogP contribution >= 0.6 is 11.6 Å². The van der Waals surface area contributed by atoms with Crippen molar-refractivity contribution in [1.82, 2.24) is 60.0 Å². The molecule has 6 fully saturated rings. The van der Waals surface area contributed by atoms with Gasteiger partial charge in [-0.05, 0) is 120 Å². The Balaban J connectivity index is 1.25. The van der Waals surface area contributed by atoms with Crippen LogP contribution in [0.5, 0.6) is 0 Å². The molecule has 25 heteroatoms.